The van der Waals surface area contributed by atoms with Crippen molar-refractivity contribution in [2.75, 3.05) is 37.6 Å². The number of fused-ring (bicyclic) bond motifs is 1. The number of nitrogens with one attached hydrogen (secondary N) is 1. The summed E-state index contributed by atoms with van der Waals surface area (Å²) in [5.74, 6) is 1.06. The first-order valence-corrected chi connectivity index (χ1v) is 9.71. The van der Waals surface area contributed by atoms with E-state index >= 15 is 0 Å². The normalized spacial score (nSPS) is 22.5. The Bertz CT molecular complexity index is 883. The summed E-state index contributed by atoms with van der Waals surface area (Å²) in [7, 11) is 0. The molecular formula is C19H24F3N7O. The van der Waals surface area contributed by atoms with Gasteiger partial charge in [0.2, 0.25) is 0 Å². The predicted molar refractivity (Wildman–Crippen MR) is 106 cm³/mol. The third-order valence-electron chi connectivity index (χ3n) is 5.05. The molecule has 0 saturated carbocycles. The summed E-state index contributed by atoms with van der Waals surface area (Å²) < 4.78 is 39.2. The largest absolute Gasteiger partial charge is 0.434 e. The molecule has 1 fully saturated rings. The van der Waals surface area contributed by atoms with E-state index in [0.29, 0.717) is 18.1 Å². The zero-order chi connectivity index (χ0) is 21.5. The van der Waals surface area contributed by atoms with Crippen molar-refractivity contribution >= 4 is 17.7 Å². The molecule has 0 amide bonds. The first-order chi connectivity index (χ1) is 14.1. The molecule has 1 aromatic heterocycles. The molecule has 4 rings (SSSR count). The molecule has 1 saturated heterocycles. The molecule has 30 heavy (non-hydrogen) atoms. The van der Waals surface area contributed by atoms with E-state index in [4.69, 9.17) is 0 Å². The Labute approximate surface area is 172 Å². The molecule has 1 unspecified atom stereocenters. The summed E-state index contributed by atoms with van der Waals surface area (Å²) in [6.45, 7) is 7.22. The first-order valence-electron chi connectivity index (χ1n) is 9.71. The first kappa shape index (κ1) is 20.6. The average Bonchev–Trinajstić information content (AvgIpc) is 3.10. The lowest BCUT2D eigenvalue weighted by molar-refractivity contribution is -0.0936. The Kier molecular flexibility index (Phi) is 5.18. The van der Waals surface area contributed by atoms with Gasteiger partial charge in [-0.25, -0.2) is 9.97 Å². The van der Waals surface area contributed by atoms with Gasteiger partial charge >= 0.3 is 6.18 Å². The smallest absolute Gasteiger partial charge is 0.389 e. The van der Waals surface area contributed by atoms with E-state index in [1.54, 1.807) is 32.3 Å². The van der Waals surface area contributed by atoms with Gasteiger partial charge in [-0.1, -0.05) is 0 Å². The number of aliphatic imine (C=N–C) groups is 1. The quantitative estimate of drug-likeness (QED) is 0.758. The van der Waals surface area contributed by atoms with Crippen molar-refractivity contribution in [1.29, 1.82) is 0 Å². The second kappa shape index (κ2) is 7.55. The van der Waals surface area contributed by atoms with Gasteiger partial charge in [0.15, 0.2) is 11.5 Å². The molecule has 1 atom stereocenters. The van der Waals surface area contributed by atoms with E-state index in [2.05, 4.69) is 30.1 Å². The number of aromatic nitrogens is 2. The molecule has 11 heteroatoms. The van der Waals surface area contributed by atoms with Crippen molar-refractivity contribution in [3.05, 3.63) is 36.2 Å². The molecule has 0 spiro atoms. The summed E-state index contributed by atoms with van der Waals surface area (Å²) >= 11 is 0. The molecular weight excluding hydrogens is 399 g/mol. The topological polar surface area (TPSA) is 80.1 Å². The van der Waals surface area contributed by atoms with Crippen molar-refractivity contribution in [3.8, 4) is 0 Å². The number of piperazine rings is 1. The van der Waals surface area contributed by atoms with Crippen LogP contribution >= 0.6 is 0 Å². The van der Waals surface area contributed by atoms with Crippen molar-refractivity contribution in [2.24, 2.45) is 4.99 Å². The minimum Gasteiger partial charge on any atom is -0.389 e. The lowest BCUT2D eigenvalue weighted by Crippen LogP contribution is -2.50. The zero-order valence-electron chi connectivity index (χ0n) is 16.8. The Balaban J connectivity index is 1.48. The van der Waals surface area contributed by atoms with Crippen molar-refractivity contribution in [1.82, 2.24) is 25.1 Å². The fourth-order valence-electron chi connectivity index (χ4n) is 3.71. The van der Waals surface area contributed by atoms with E-state index in [9.17, 15) is 18.3 Å². The number of nitrogens with zero attached hydrogens (tertiary/aromatic N) is 6. The third-order valence-corrected chi connectivity index (χ3v) is 5.05. The molecule has 0 radical (unpaired) electrons. The van der Waals surface area contributed by atoms with Crippen LogP contribution in [0, 0.1) is 0 Å². The van der Waals surface area contributed by atoms with E-state index in [-0.39, 0.29) is 0 Å². The van der Waals surface area contributed by atoms with E-state index in [1.807, 2.05) is 0 Å². The number of hydrogen-bond acceptors (Lipinski definition) is 8. The number of alkyl halides is 3. The van der Waals surface area contributed by atoms with Crippen LogP contribution in [0.1, 0.15) is 19.7 Å². The maximum absolute atomic E-state index is 13.1. The van der Waals surface area contributed by atoms with E-state index < -0.39 is 23.6 Å². The number of halogens is 3. The van der Waals surface area contributed by atoms with Crippen LogP contribution in [0.4, 0.5) is 19.0 Å². The SMILES string of the molecule is CC(C)(O)CN1CCN(c2ccnc(C3=CNC4C=NC(C(F)(F)F)=CN34)n2)CC1. The third kappa shape index (κ3) is 4.41. The summed E-state index contributed by atoms with van der Waals surface area (Å²) in [5.41, 5.74) is -1.26. The van der Waals surface area contributed by atoms with Crippen LogP contribution in [0.3, 0.4) is 0 Å². The number of aliphatic hydroxyl groups is 1. The zero-order valence-corrected chi connectivity index (χ0v) is 16.8. The minimum absolute atomic E-state index is 0.342. The van der Waals surface area contributed by atoms with Crippen LogP contribution < -0.4 is 10.2 Å². The van der Waals surface area contributed by atoms with Crippen molar-refractivity contribution < 1.29 is 18.3 Å². The second-order valence-electron chi connectivity index (χ2n) is 8.15. The van der Waals surface area contributed by atoms with Crippen molar-refractivity contribution in [2.45, 2.75) is 31.8 Å². The fourth-order valence-corrected chi connectivity index (χ4v) is 3.71. The molecule has 8 nitrogen and oxygen atoms in total. The van der Waals surface area contributed by atoms with Crippen LogP contribution in [-0.2, 0) is 0 Å². The summed E-state index contributed by atoms with van der Waals surface area (Å²) in [4.78, 5) is 18.1. The number of allylic oxidation sites excluding steroid dienone is 1. The maximum atomic E-state index is 13.1. The Morgan fingerprint density at radius 1 is 1.20 bits per heavy atom. The van der Waals surface area contributed by atoms with Gasteiger partial charge in [-0.05, 0) is 19.9 Å². The van der Waals surface area contributed by atoms with E-state index in [1.165, 1.54) is 11.1 Å². The fraction of sp³-hybridized carbons (Fsp3) is 0.526. The molecule has 4 heterocycles. The van der Waals surface area contributed by atoms with E-state index in [0.717, 1.165) is 38.2 Å². The monoisotopic (exact) mass is 423 g/mol. The van der Waals surface area contributed by atoms with Crippen LogP contribution in [0.15, 0.2) is 35.4 Å². The standard InChI is InChI=1S/C19H24F3N7O/c1-18(2,30)12-27-5-7-28(8-6-27)15-3-4-23-17(26-15)13-9-25-16-10-24-14(11-29(13)16)19(20,21)22/h3-4,9-11,16,25,30H,5-8,12H2,1-2H3. The summed E-state index contributed by atoms with van der Waals surface area (Å²) in [6, 6.07) is 1.80. The molecule has 2 N–H and O–H groups in total. The van der Waals surface area contributed by atoms with Gasteiger partial charge in [-0.2, -0.15) is 13.2 Å². The second-order valence-corrected chi connectivity index (χ2v) is 8.15. The Morgan fingerprint density at radius 2 is 1.93 bits per heavy atom. The highest BCUT2D eigenvalue weighted by atomic mass is 19.4. The van der Waals surface area contributed by atoms with Gasteiger partial charge in [0, 0.05) is 57.5 Å². The van der Waals surface area contributed by atoms with Crippen molar-refractivity contribution in [3.63, 3.8) is 0 Å². The Morgan fingerprint density at radius 3 is 2.60 bits per heavy atom. The molecule has 3 aliphatic heterocycles. The molecule has 0 aliphatic carbocycles. The molecule has 3 aliphatic rings. The summed E-state index contributed by atoms with van der Waals surface area (Å²) in [6.07, 6.45) is 0.387. The summed E-state index contributed by atoms with van der Waals surface area (Å²) in [5, 5.41) is 13.0. The minimum atomic E-state index is -4.53. The van der Waals surface area contributed by atoms with Gasteiger partial charge in [-0.15, -0.1) is 0 Å². The highest BCUT2D eigenvalue weighted by molar-refractivity contribution is 5.76. The molecule has 0 bridgehead atoms. The number of anilines is 1. The van der Waals surface area contributed by atoms with Crippen LogP contribution in [0.5, 0.6) is 0 Å². The van der Waals surface area contributed by atoms with Gasteiger partial charge in [-0.3, -0.25) is 9.89 Å². The maximum Gasteiger partial charge on any atom is 0.434 e. The van der Waals surface area contributed by atoms with Crippen LogP contribution in [0.2, 0.25) is 0 Å². The molecule has 1 aromatic rings. The number of rotatable bonds is 4. The highest BCUT2D eigenvalue weighted by Gasteiger charge is 2.39. The van der Waals surface area contributed by atoms with Crippen LogP contribution in [0.25, 0.3) is 5.70 Å². The number of hydrogen-bond donors (Lipinski definition) is 2. The molecule has 0 aromatic carbocycles. The number of β-amino-alcohol motifs (C(OH)–C–C–N with tert-alkyl or cyclic N) is 1. The van der Waals surface area contributed by atoms with Crippen LogP contribution in [-0.4, -0.2) is 81.8 Å². The average molecular weight is 423 g/mol. The van der Waals surface area contributed by atoms with Gasteiger partial charge in [0.05, 0.1) is 5.60 Å². The molecule has 162 valence electrons. The lowest BCUT2D eigenvalue weighted by Gasteiger charge is -2.37. The predicted octanol–water partition coefficient (Wildman–Crippen LogP) is 1.39. The Hall–Kier alpha value is -2.66. The lowest BCUT2D eigenvalue weighted by atomic mass is 10.1. The van der Waals surface area contributed by atoms with Gasteiger partial charge in [0.1, 0.15) is 17.7 Å². The van der Waals surface area contributed by atoms with Gasteiger partial charge in [0.25, 0.3) is 0 Å². The van der Waals surface area contributed by atoms with Gasteiger partial charge < -0.3 is 20.2 Å². The highest BCUT2D eigenvalue weighted by Crippen LogP contribution is 2.33.